The summed E-state index contributed by atoms with van der Waals surface area (Å²) in [5.41, 5.74) is 9.85. The van der Waals surface area contributed by atoms with Gasteiger partial charge in [-0.25, -0.2) is 39.5 Å². The van der Waals surface area contributed by atoms with E-state index in [1.807, 2.05) is 71.0 Å². The number of ether oxygens (including phenoxy) is 8. The molecule has 5 aromatic heterocycles. The Kier molecular flexibility index (Phi) is 35.8. The Morgan fingerprint density at radius 2 is 0.596 bits per heavy atom. The minimum absolute atomic E-state index is 0.0141. The fourth-order valence-electron chi connectivity index (χ4n) is 15.2. The quantitative estimate of drug-likeness (QED) is 0.0272. The van der Waals surface area contributed by atoms with Crippen molar-refractivity contribution < 1.29 is 95.0 Å². The summed E-state index contributed by atoms with van der Waals surface area (Å²) in [6.45, 7) is 18.0. The number of halogens is 13. The van der Waals surface area contributed by atoms with E-state index in [1.165, 1.54) is 124 Å². The first-order valence-electron chi connectivity index (χ1n) is 44.7. The molecule has 16 rings (SSSR count). The molecule has 0 fully saturated rings. The predicted molar refractivity (Wildman–Crippen MR) is 525 cm³/mol. The van der Waals surface area contributed by atoms with Gasteiger partial charge in [0.25, 0.3) is 0 Å². The molecule has 146 heavy (non-hydrogen) atoms. The molecule has 1 aliphatic heterocycles. The van der Waals surface area contributed by atoms with Crippen LogP contribution >= 0.6 is 0 Å². The standard InChI is InChI=1S/C22H21F2N3O3.C22H23F2N3O3.C21H19F4N3O3.C20H18F3N3O2.C20H19F2N3O2/c1-12-5-15-10-30-11-16(15)7-18(12)25-22-26-21(28)19(29-3)9-27(22)8-14-4-13(2)20(24)17(23)6-14;1-5-30-16-6-7-18(13(2)9-16)25-22-26-21(28)19(29-4)12-27(22)11-15-8-14(3)20(24)17(23)10-15;1-11-7-14(31-20(24)25)4-5-16(11)26-21-27-19(29)17(30-3)10-28(21)9-13-6-12(2)18(23)15(22)8-13;1-11-7-14(28-3)4-5-17(11)24-20-25-19(27)16(22)10-26(20)9-13-6-12(2)18(23)15(21)8-13;1-12-6-14(9-15(21)7-12)10-25-11-17(22)19(26)24-20(25)23-18-5-4-16(27-3)8-13(18)2/h4-7,9H,8,10-11H2,1-3H3,(H,25,26,28);6-10,12H,5,11H2,1-4H3,(H,25,26,28);4-8,10,20H,9H2,1-3H3,(H,26,27,29);4-8,10H,9H2,1-3H3,(H,24,25,27);4-9,11H,10H2,1-3H3,(H,23,24,26). The number of aromatic nitrogens is 10. The number of nitrogens with zero attached hydrogens (tertiary/aromatic N) is 10. The van der Waals surface area contributed by atoms with Crippen LogP contribution in [0.15, 0.2) is 207 Å². The Labute approximate surface area is 827 Å². The van der Waals surface area contributed by atoms with Crippen molar-refractivity contribution in [1.29, 1.82) is 0 Å². The molecule has 5 N–H and O–H groups in total. The maximum absolute atomic E-state index is 13.9. The molecule has 0 aliphatic carbocycles. The lowest BCUT2D eigenvalue weighted by Gasteiger charge is -2.17. The number of benzene rings is 10. The number of hydrogen-bond donors (Lipinski definition) is 5. The molecule has 0 amide bonds. The summed E-state index contributed by atoms with van der Waals surface area (Å²) >= 11 is 0. The number of rotatable bonds is 29. The maximum Gasteiger partial charge on any atom is 0.387 e. The summed E-state index contributed by atoms with van der Waals surface area (Å²) in [6.07, 6.45) is 6.42. The van der Waals surface area contributed by atoms with E-state index in [2.05, 4.69) is 56.2 Å². The molecule has 0 radical (unpaired) electrons. The first kappa shape index (κ1) is 108. The van der Waals surface area contributed by atoms with Gasteiger partial charge in [-0.2, -0.15) is 42.5 Å². The van der Waals surface area contributed by atoms with Crippen LogP contribution < -0.4 is 87.5 Å². The molecule has 0 atom stereocenters. The molecule has 0 saturated heterocycles. The van der Waals surface area contributed by atoms with Crippen LogP contribution in [0.1, 0.15) is 102 Å². The third-order valence-corrected chi connectivity index (χ3v) is 22.5. The van der Waals surface area contributed by atoms with Crippen LogP contribution in [0.2, 0.25) is 0 Å². The highest BCUT2D eigenvalue weighted by Crippen LogP contribution is 2.35. The largest absolute Gasteiger partial charge is 0.497 e. The summed E-state index contributed by atoms with van der Waals surface area (Å²) in [7, 11) is 7.17. The van der Waals surface area contributed by atoms with Crippen molar-refractivity contribution in [3.63, 3.8) is 0 Å². The van der Waals surface area contributed by atoms with Gasteiger partial charge in [-0.05, 0) is 286 Å². The van der Waals surface area contributed by atoms with Gasteiger partial charge in [-0.15, -0.1) is 0 Å². The molecule has 6 heterocycles. The zero-order valence-corrected chi connectivity index (χ0v) is 81.7. The summed E-state index contributed by atoms with van der Waals surface area (Å²) < 4.78 is 224. The average molecular weight is 2030 g/mol. The topological polar surface area (TPSA) is 308 Å². The zero-order chi connectivity index (χ0) is 106. The molecular weight excluding hydrogens is 1930 g/mol. The van der Waals surface area contributed by atoms with Crippen molar-refractivity contribution >= 4 is 58.2 Å². The zero-order valence-electron chi connectivity index (χ0n) is 81.7. The summed E-state index contributed by atoms with van der Waals surface area (Å²) in [6, 6.07) is 39.3. The molecular formula is C105H100F13N15O13. The number of nitrogens with one attached hydrogen (secondary N) is 5. The number of anilines is 10. The van der Waals surface area contributed by atoms with Crippen LogP contribution in [-0.4, -0.2) is 96.5 Å². The molecule has 0 unspecified atom stereocenters. The first-order chi connectivity index (χ1) is 69.5. The van der Waals surface area contributed by atoms with Crippen molar-refractivity contribution in [2.45, 2.75) is 129 Å². The predicted octanol–water partition coefficient (Wildman–Crippen LogP) is 20.9. The Bertz CT molecular complexity index is 7590. The van der Waals surface area contributed by atoms with Crippen molar-refractivity contribution in [2.75, 3.05) is 68.7 Å². The average Bonchev–Trinajstić information content (AvgIpc) is 1.43. The molecule has 28 nitrogen and oxygen atoms in total. The van der Waals surface area contributed by atoms with E-state index in [-0.39, 0.29) is 114 Å². The normalized spacial score (nSPS) is 11.2. The fourth-order valence-corrected chi connectivity index (χ4v) is 15.2. The van der Waals surface area contributed by atoms with E-state index in [0.29, 0.717) is 81.8 Å². The molecule has 0 bridgehead atoms. The lowest BCUT2D eigenvalue weighted by atomic mass is 10.1. The molecule has 10 aromatic carbocycles. The van der Waals surface area contributed by atoms with Gasteiger partial charge in [0.1, 0.15) is 28.8 Å². The van der Waals surface area contributed by atoms with Gasteiger partial charge in [0.2, 0.25) is 58.6 Å². The lowest BCUT2D eigenvalue weighted by molar-refractivity contribution is -0.0498. The number of alkyl halides is 2. The Balaban J connectivity index is 0.000000162. The van der Waals surface area contributed by atoms with E-state index in [9.17, 15) is 81.0 Å². The van der Waals surface area contributed by atoms with Gasteiger partial charge < -0.3 is 87.3 Å². The number of aryl methyl sites for hydroxylation is 10. The monoisotopic (exact) mass is 2030 g/mol. The molecule has 15 aromatic rings. The summed E-state index contributed by atoms with van der Waals surface area (Å²) in [4.78, 5) is 79.7. The minimum atomic E-state index is -2.95. The fraction of sp³-hybridized carbons (Fsp3) is 0.238. The smallest absolute Gasteiger partial charge is 0.387 e. The SMILES string of the molecule is CCOc1ccc(Nc2nc(=O)c(OC)cn2Cc2cc(C)c(F)c(F)c2)c(C)c1.COc1ccc(Nc2nc(=O)c(F)cn2Cc2cc(C)c(F)c(F)c2)c(C)c1.COc1ccc(Nc2nc(=O)c(F)cn2Cc2cc(C)cc(F)c2)c(C)c1.COc1cn(Cc2cc(C)c(F)c(F)c2)c(Nc2cc3c(cc2C)COC3)nc1=O.COc1cn(Cc2cc(C)c(F)c(F)c2)c(Nc2ccc(OC(F)F)cc2C)nc1=O. The Hall–Kier alpha value is -16.8. The van der Waals surface area contributed by atoms with Gasteiger partial charge in [-0.1, -0.05) is 36.4 Å². The van der Waals surface area contributed by atoms with Crippen LogP contribution in [0, 0.1) is 133 Å². The van der Waals surface area contributed by atoms with Gasteiger partial charge in [0, 0.05) is 40.8 Å². The molecule has 1 aliphatic rings. The van der Waals surface area contributed by atoms with Gasteiger partial charge in [0.15, 0.2) is 46.5 Å². The van der Waals surface area contributed by atoms with Crippen LogP contribution in [0.3, 0.4) is 0 Å². The van der Waals surface area contributed by atoms with Crippen LogP contribution in [-0.2, 0) is 50.7 Å². The number of methoxy groups -OCH3 is 5. The molecule has 0 spiro atoms. The molecule has 0 saturated carbocycles. The highest BCUT2D eigenvalue weighted by atomic mass is 19.3. The van der Waals surface area contributed by atoms with E-state index < -0.39 is 92.6 Å². The van der Waals surface area contributed by atoms with E-state index in [1.54, 1.807) is 85.7 Å². The maximum atomic E-state index is 13.9. The van der Waals surface area contributed by atoms with Gasteiger partial charge in [0.05, 0.1) is 107 Å². The van der Waals surface area contributed by atoms with Crippen molar-refractivity contribution in [1.82, 2.24) is 47.8 Å². The van der Waals surface area contributed by atoms with Crippen molar-refractivity contribution in [3.05, 3.63) is 393 Å². The third-order valence-electron chi connectivity index (χ3n) is 22.5. The van der Waals surface area contributed by atoms with Gasteiger partial charge >= 0.3 is 34.4 Å². The molecule has 41 heteroatoms. The molecule has 764 valence electrons. The Morgan fingerprint density at radius 3 is 0.904 bits per heavy atom. The summed E-state index contributed by atoms with van der Waals surface area (Å²) in [5, 5.41) is 15.3. The highest BCUT2D eigenvalue weighted by molar-refractivity contribution is 5.66. The lowest BCUT2D eigenvalue weighted by Crippen LogP contribution is -2.20. The highest BCUT2D eigenvalue weighted by Gasteiger charge is 2.24. The first-order valence-corrected chi connectivity index (χ1v) is 44.7. The van der Waals surface area contributed by atoms with Crippen LogP contribution in [0.25, 0.3) is 0 Å². The second kappa shape index (κ2) is 48.3. The van der Waals surface area contributed by atoms with E-state index in [4.69, 9.17) is 33.2 Å². The minimum Gasteiger partial charge on any atom is -0.497 e. The number of fused-ring (bicyclic) bond motifs is 1. The van der Waals surface area contributed by atoms with E-state index >= 15 is 0 Å². The second-order valence-corrected chi connectivity index (χ2v) is 33.5. The van der Waals surface area contributed by atoms with Crippen molar-refractivity contribution in [3.8, 4) is 40.2 Å². The second-order valence-electron chi connectivity index (χ2n) is 33.5. The number of hydrogen-bond acceptors (Lipinski definition) is 23. The summed E-state index contributed by atoms with van der Waals surface area (Å²) in [5.74, 6) is -6.87. The third kappa shape index (κ3) is 27.8. The Morgan fingerprint density at radius 1 is 0.308 bits per heavy atom. The van der Waals surface area contributed by atoms with Crippen LogP contribution in [0.4, 0.5) is 115 Å². The van der Waals surface area contributed by atoms with Crippen LogP contribution in [0.5, 0.6) is 40.2 Å². The van der Waals surface area contributed by atoms with Gasteiger partial charge in [-0.3, -0.25) is 24.0 Å². The van der Waals surface area contributed by atoms with Crippen molar-refractivity contribution in [2.24, 2.45) is 0 Å². The van der Waals surface area contributed by atoms with E-state index in [0.717, 1.165) is 92.7 Å².